The zero-order valence-electron chi connectivity index (χ0n) is 16.8. The molecule has 0 radical (unpaired) electrons. The summed E-state index contributed by atoms with van der Waals surface area (Å²) >= 11 is 7.56. The fourth-order valence-corrected chi connectivity index (χ4v) is 5.10. The van der Waals surface area contributed by atoms with Gasteiger partial charge >= 0.3 is 0 Å². The molecule has 1 aromatic carbocycles. The van der Waals surface area contributed by atoms with Crippen LogP contribution in [-0.2, 0) is 4.79 Å². The molecular formula is C21H25ClN6OS. The minimum Gasteiger partial charge on any atom is -0.341 e. The number of hydrogen-bond acceptors (Lipinski definition) is 6. The Kier molecular flexibility index (Phi) is 6.49. The summed E-state index contributed by atoms with van der Waals surface area (Å²) in [6.07, 6.45) is 6.77. The molecule has 4 rings (SSSR count). The maximum absolute atomic E-state index is 12.6. The molecule has 1 saturated heterocycles. The summed E-state index contributed by atoms with van der Waals surface area (Å²) in [5.74, 6) is 0.813. The van der Waals surface area contributed by atoms with Gasteiger partial charge in [-0.1, -0.05) is 48.7 Å². The highest BCUT2D eigenvalue weighted by Gasteiger charge is 2.33. The number of anilines is 1. The Morgan fingerprint density at radius 3 is 2.67 bits per heavy atom. The van der Waals surface area contributed by atoms with Crippen molar-refractivity contribution in [1.82, 2.24) is 20.1 Å². The van der Waals surface area contributed by atoms with Crippen LogP contribution < -0.4 is 10.2 Å². The van der Waals surface area contributed by atoms with E-state index in [0.717, 1.165) is 69.7 Å². The fraction of sp³-hybridized carbons (Fsp3) is 0.524. The molecule has 2 heterocycles. The molecule has 9 heteroatoms. The summed E-state index contributed by atoms with van der Waals surface area (Å²) in [6.45, 7) is 1.88. The molecule has 1 amide bonds. The summed E-state index contributed by atoms with van der Waals surface area (Å²) < 4.78 is 1.97. The molecule has 30 heavy (non-hydrogen) atoms. The Labute approximate surface area is 185 Å². The molecule has 1 aliphatic heterocycles. The van der Waals surface area contributed by atoms with Gasteiger partial charge in [0.1, 0.15) is 5.54 Å². The molecule has 7 nitrogen and oxygen atoms in total. The fourth-order valence-electron chi connectivity index (χ4n) is 4.17. The highest BCUT2D eigenvalue weighted by molar-refractivity contribution is 7.99. The lowest BCUT2D eigenvalue weighted by atomic mass is 9.83. The number of benzene rings is 1. The third-order valence-corrected chi connectivity index (χ3v) is 6.87. The third kappa shape index (κ3) is 4.57. The first-order valence-electron chi connectivity index (χ1n) is 10.4. The topological polar surface area (TPSA) is 86.8 Å². The summed E-state index contributed by atoms with van der Waals surface area (Å²) in [4.78, 5) is 14.9. The molecule has 1 aliphatic carbocycles. The standard InChI is InChI=1S/C21H25ClN6OS/c22-16-7-6-8-17(13-16)28-19(27-11-4-5-12-27)25-26-20(28)30-14-18(29)24-21(15-23)9-2-1-3-10-21/h6-8,13H,1-5,9-12,14H2,(H,24,29). The SMILES string of the molecule is N#CC1(NC(=O)CSc2nnc(N3CCCC3)n2-c2cccc(Cl)c2)CCCCC1. The van der Waals surface area contributed by atoms with E-state index in [9.17, 15) is 10.1 Å². The van der Waals surface area contributed by atoms with Crippen LogP contribution in [0.4, 0.5) is 5.95 Å². The molecule has 1 saturated carbocycles. The Hall–Kier alpha value is -2.24. The quantitative estimate of drug-likeness (QED) is 0.678. The van der Waals surface area contributed by atoms with Crippen molar-refractivity contribution in [2.75, 3.05) is 23.7 Å². The van der Waals surface area contributed by atoms with Gasteiger partial charge in [-0.05, 0) is 43.9 Å². The van der Waals surface area contributed by atoms with Crippen molar-refractivity contribution in [2.24, 2.45) is 0 Å². The van der Waals surface area contributed by atoms with E-state index in [0.29, 0.717) is 10.2 Å². The van der Waals surface area contributed by atoms with Crippen LogP contribution in [0, 0.1) is 11.3 Å². The number of nitrogens with zero attached hydrogens (tertiary/aromatic N) is 5. The van der Waals surface area contributed by atoms with Gasteiger partial charge in [0.25, 0.3) is 0 Å². The van der Waals surface area contributed by atoms with Gasteiger partial charge in [-0.15, -0.1) is 10.2 Å². The number of amides is 1. The molecule has 1 aromatic heterocycles. The summed E-state index contributed by atoms with van der Waals surface area (Å²) in [5, 5.41) is 22.6. The summed E-state index contributed by atoms with van der Waals surface area (Å²) in [6, 6.07) is 9.90. The number of aromatic nitrogens is 3. The van der Waals surface area contributed by atoms with E-state index in [1.54, 1.807) is 0 Å². The first kappa shape index (κ1) is 21.0. The Bertz CT molecular complexity index is 943. The lowest BCUT2D eigenvalue weighted by Gasteiger charge is -2.31. The van der Waals surface area contributed by atoms with E-state index in [2.05, 4.69) is 26.5 Å². The van der Waals surface area contributed by atoms with Crippen molar-refractivity contribution < 1.29 is 4.79 Å². The van der Waals surface area contributed by atoms with E-state index in [1.807, 2.05) is 28.8 Å². The molecule has 2 aliphatic rings. The van der Waals surface area contributed by atoms with Gasteiger partial charge in [0, 0.05) is 18.1 Å². The number of halogens is 1. The van der Waals surface area contributed by atoms with Crippen LogP contribution in [-0.4, -0.2) is 45.1 Å². The predicted molar refractivity (Wildman–Crippen MR) is 118 cm³/mol. The zero-order chi connectivity index (χ0) is 21.0. The Morgan fingerprint density at radius 2 is 1.97 bits per heavy atom. The number of nitriles is 1. The van der Waals surface area contributed by atoms with Crippen LogP contribution in [0.5, 0.6) is 0 Å². The van der Waals surface area contributed by atoms with Crippen molar-refractivity contribution in [1.29, 1.82) is 5.26 Å². The first-order chi connectivity index (χ1) is 14.6. The largest absolute Gasteiger partial charge is 0.341 e. The van der Waals surface area contributed by atoms with Gasteiger partial charge in [-0.3, -0.25) is 9.36 Å². The minimum absolute atomic E-state index is 0.146. The molecule has 0 bridgehead atoms. The number of rotatable bonds is 6. The number of thioether (sulfide) groups is 1. The molecule has 0 unspecified atom stereocenters. The van der Waals surface area contributed by atoms with Crippen molar-refractivity contribution in [2.45, 2.75) is 55.6 Å². The van der Waals surface area contributed by atoms with Crippen molar-refractivity contribution in [3.8, 4) is 11.8 Å². The van der Waals surface area contributed by atoms with Crippen LogP contribution in [0.2, 0.25) is 5.02 Å². The summed E-state index contributed by atoms with van der Waals surface area (Å²) in [7, 11) is 0. The average Bonchev–Trinajstić information content (AvgIpc) is 3.42. The van der Waals surface area contributed by atoms with E-state index in [-0.39, 0.29) is 11.7 Å². The van der Waals surface area contributed by atoms with Crippen LogP contribution >= 0.6 is 23.4 Å². The molecule has 0 atom stereocenters. The second-order valence-corrected chi connectivity index (χ2v) is 9.26. The van der Waals surface area contributed by atoms with Crippen LogP contribution in [0.25, 0.3) is 5.69 Å². The van der Waals surface area contributed by atoms with E-state index >= 15 is 0 Å². The van der Waals surface area contributed by atoms with Crippen LogP contribution in [0.15, 0.2) is 29.4 Å². The minimum atomic E-state index is -0.725. The van der Waals surface area contributed by atoms with Crippen molar-refractivity contribution in [3.63, 3.8) is 0 Å². The van der Waals surface area contributed by atoms with Crippen LogP contribution in [0.3, 0.4) is 0 Å². The number of nitrogens with one attached hydrogen (secondary N) is 1. The van der Waals surface area contributed by atoms with Gasteiger partial charge in [-0.2, -0.15) is 5.26 Å². The number of carbonyl (C=O) groups is 1. The normalized spacial score (nSPS) is 18.2. The molecule has 0 spiro atoms. The van der Waals surface area contributed by atoms with Crippen molar-refractivity contribution >= 4 is 35.2 Å². The van der Waals surface area contributed by atoms with Gasteiger partial charge < -0.3 is 10.2 Å². The Morgan fingerprint density at radius 1 is 1.20 bits per heavy atom. The second kappa shape index (κ2) is 9.27. The van der Waals surface area contributed by atoms with Gasteiger partial charge in [0.15, 0.2) is 5.16 Å². The molecule has 2 fully saturated rings. The lowest BCUT2D eigenvalue weighted by molar-refractivity contribution is -0.120. The Balaban J connectivity index is 1.52. The smallest absolute Gasteiger partial charge is 0.232 e. The maximum Gasteiger partial charge on any atom is 0.232 e. The predicted octanol–water partition coefficient (Wildman–Crippen LogP) is 3.96. The molecular weight excluding hydrogens is 420 g/mol. The number of carbonyl (C=O) groups excluding carboxylic acids is 1. The maximum atomic E-state index is 12.6. The summed E-state index contributed by atoms with van der Waals surface area (Å²) in [5.41, 5.74) is 0.148. The van der Waals surface area contributed by atoms with Gasteiger partial charge in [0.05, 0.1) is 17.5 Å². The highest BCUT2D eigenvalue weighted by Crippen LogP contribution is 2.31. The van der Waals surface area contributed by atoms with E-state index < -0.39 is 5.54 Å². The monoisotopic (exact) mass is 444 g/mol. The second-order valence-electron chi connectivity index (χ2n) is 7.88. The third-order valence-electron chi connectivity index (χ3n) is 5.70. The zero-order valence-corrected chi connectivity index (χ0v) is 18.4. The highest BCUT2D eigenvalue weighted by atomic mass is 35.5. The van der Waals surface area contributed by atoms with E-state index in [1.165, 1.54) is 11.8 Å². The average molecular weight is 445 g/mol. The van der Waals surface area contributed by atoms with E-state index in [4.69, 9.17) is 11.6 Å². The van der Waals surface area contributed by atoms with Crippen LogP contribution in [0.1, 0.15) is 44.9 Å². The van der Waals surface area contributed by atoms with Crippen molar-refractivity contribution in [3.05, 3.63) is 29.3 Å². The van der Waals surface area contributed by atoms with Gasteiger partial charge in [-0.25, -0.2) is 0 Å². The number of hydrogen-bond donors (Lipinski definition) is 1. The molecule has 158 valence electrons. The molecule has 2 aromatic rings. The van der Waals surface area contributed by atoms with Gasteiger partial charge in [0.2, 0.25) is 11.9 Å². The first-order valence-corrected chi connectivity index (χ1v) is 11.8. The lowest BCUT2D eigenvalue weighted by Crippen LogP contribution is -2.49. The molecule has 1 N–H and O–H groups in total.